The van der Waals surface area contributed by atoms with Crippen LogP contribution in [-0.4, -0.2) is 18.2 Å². The van der Waals surface area contributed by atoms with Gasteiger partial charge in [0.1, 0.15) is 5.75 Å². The Morgan fingerprint density at radius 2 is 1.45 bits per heavy atom. The molecule has 3 heteroatoms. The van der Waals surface area contributed by atoms with Crippen molar-refractivity contribution in [3.8, 4) is 5.75 Å². The van der Waals surface area contributed by atoms with E-state index < -0.39 is 0 Å². The number of methoxy groups -OCH3 is 1. The molecule has 0 saturated heterocycles. The van der Waals surface area contributed by atoms with Crippen LogP contribution >= 0.6 is 0 Å². The fraction of sp³-hybridized carbons (Fsp3) is 0.179. The number of aromatic hydroxyl groups is 1. The van der Waals surface area contributed by atoms with E-state index in [2.05, 4.69) is 37.9 Å². The van der Waals surface area contributed by atoms with Gasteiger partial charge in [-0.3, -0.25) is 4.79 Å². The summed E-state index contributed by atoms with van der Waals surface area (Å²) in [5, 5.41) is 9.65. The molecule has 0 atom stereocenters. The lowest BCUT2D eigenvalue weighted by Gasteiger charge is -2.14. The number of phenolic OH excluding ortho intramolecular Hbond substituents is 1. The maximum atomic E-state index is 11.7. The SMILES string of the molecule is C=C1C/C1=C\C(CCC(=O)OC)=C(\c1ccccc1)c1ccc(O)cc1.C=C1CC1=C. The number of allylic oxidation sites excluding steroid dienone is 6. The maximum Gasteiger partial charge on any atom is 0.305 e. The topological polar surface area (TPSA) is 46.5 Å². The normalized spacial score (nSPS) is 16.3. The molecule has 0 aliphatic heterocycles. The molecule has 2 fully saturated rings. The highest BCUT2D eigenvalue weighted by atomic mass is 16.5. The molecule has 0 spiro atoms. The zero-order valence-electron chi connectivity index (χ0n) is 18.0. The number of carbonyl (C=O) groups is 1. The maximum absolute atomic E-state index is 11.7. The van der Waals surface area contributed by atoms with Crippen molar-refractivity contribution in [3.05, 3.63) is 119 Å². The van der Waals surface area contributed by atoms with E-state index in [1.165, 1.54) is 23.8 Å². The molecule has 0 amide bonds. The van der Waals surface area contributed by atoms with Crippen molar-refractivity contribution < 1.29 is 14.6 Å². The van der Waals surface area contributed by atoms with Crippen LogP contribution in [0.1, 0.15) is 36.8 Å². The summed E-state index contributed by atoms with van der Waals surface area (Å²) >= 11 is 0. The number of phenols is 1. The Labute approximate surface area is 184 Å². The minimum absolute atomic E-state index is 0.228. The van der Waals surface area contributed by atoms with Crippen LogP contribution in [0, 0.1) is 0 Å². The second kappa shape index (κ2) is 9.94. The standard InChI is InChI=1S/C23H22O3.C5H6/c1-16-14-20(16)15-19(10-13-22(25)26-2)23(17-6-4-3-5-7-17)18-8-11-21(24)12-9-18;1-4-3-5(4)2/h3-9,11-12,15,24H,1,10,13-14H2,2H3;1-3H2/b20-15+,23-19-;. The van der Waals surface area contributed by atoms with Crippen molar-refractivity contribution in [3.63, 3.8) is 0 Å². The fourth-order valence-corrected chi connectivity index (χ4v) is 3.14. The van der Waals surface area contributed by atoms with E-state index >= 15 is 0 Å². The summed E-state index contributed by atoms with van der Waals surface area (Å²) in [5.41, 5.74) is 9.01. The molecular weight excluding hydrogens is 384 g/mol. The Balaban J connectivity index is 0.000000478. The molecule has 4 rings (SSSR count). The van der Waals surface area contributed by atoms with Crippen molar-refractivity contribution in [2.24, 2.45) is 0 Å². The number of esters is 1. The highest BCUT2D eigenvalue weighted by Crippen LogP contribution is 2.39. The molecule has 0 bridgehead atoms. The van der Waals surface area contributed by atoms with Crippen LogP contribution < -0.4 is 0 Å². The Morgan fingerprint density at radius 3 is 1.94 bits per heavy atom. The zero-order valence-corrected chi connectivity index (χ0v) is 18.0. The number of carbonyl (C=O) groups excluding carboxylic acids is 1. The largest absolute Gasteiger partial charge is 0.508 e. The minimum Gasteiger partial charge on any atom is -0.508 e. The first-order valence-corrected chi connectivity index (χ1v) is 10.3. The molecule has 0 aromatic heterocycles. The second-order valence-electron chi connectivity index (χ2n) is 7.72. The molecule has 2 aliphatic rings. The Morgan fingerprint density at radius 1 is 0.903 bits per heavy atom. The zero-order chi connectivity index (χ0) is 22.4. The van der Waals surface area contributed by atoms with Crippen LogP contribution in [-0.2, 0) is 9.53 Å². The lowest BCUT2D eigenvalue weighted by atomic mass is 9.90. The van der Waals surface area contributed by atoms with Crippen molar-refractivity contribution in [2.75, 3.05) is 7.11 Å². The average Bonchev–Trinajstić information content (AvgIpc) is 3.66. The van der Waals surface area contributed by atoms with Gasteiger partial charge in [0.15, 0.2) is 0 Å². The molecule has 2 aliphatic carbocycles. The lowest BCUT2D eigenvalue weighted by Crippen LogP contribution is -2.02. The van der Waals surface area contributed by atoms with Gasteiger partial charge in [0.25, 0.3) is 0 Å². The van der Waals surface area contributed by atoms with Gasteiger partial charge in [-0.05, 0) is 76.0 Å². The summed E-state index contributed by atoms with van der Waals surface area (Å²) in [7, 11) is 1.41. The van der Waals surface area contributed by atoms with Crippen molar-refractivity contribution in [1.82, 2.24) is 0 Å². The number of hydrogen-bond acceptors (Lipinski definition) is 3. The molecule has 0 unspecified atom stereocenters. The number of hydrogen-bond donors (Lipinski definition) is 1. The van der Waals surface area contributed by atoms with Crippen LogP contribution in [0.2, 0.25) is 0 Å². The quantitative estimate of drug-likeness (QED) is 0.548. The van der Waals surface area contributed by atoms with E-state index in [0.29, 0.717) is 12.8 Å². The van der Waals surface area contributed by atoms with Gasteiger partial charge in [-0.15, -0.1) is 0 Å². The fourth-order valence-electron chi connectivity index (χ4n) is 3.14. The summed E-state index contributed by atoms with van der Waals surface area (Å²) < 4.78 is 4.82. The predicted octanol–water partition coefficient (Wildman–Crippen LogP) is 6.54. The number of ether oxygens (including phenoxy) is 1. The summed E-state index contributed by atoms with van der Waals surface area (Å²) in [6.45, 7) is 11.3. The third kappa shape index (κ3) is 6.45. The first-order chi connectivity index (χ1) is 14.9. The van der Waals surface area contributed by atoms with Crippen LogP contribution in [0.15, 0.2) is 108 Å². The van der Waals surface area contributed by atoms with Crippen LogP contribution in [0.3, 0.4) is 0 Å². The van der Waals surface area contributed by atoms with Gasteiger partial charge in [0.2, 0.25) is 0 Å². The van der Waals surface area contributed by atoms with E-state index in [-0.39, 0.29) is 11.7 Å². The van der Waals surface area contributed by atoms with Gasteiger partial charge in [-0.25, -0.2) is 0 Å². The van der Waals surface area contributed by atoms with Crippen molar-refractivity contribution in [1.29, 1.82) is 0 Å². The van der Waals surface area contributed by atoms with Crippen molar-refractivity contribution in [2.45, 2.75) is 25.7 Å². The first kappa shape index (κ1) is 22.1. The summed E-state index contributed by atoms with van der Waals surface area (Å²) in [6.07, 6.45) is 5.03. The highest BCUT2D eigenvalue weighted by Gasteiger charge is 2.20. The smallest absolute Gasteiger partial charge is 0.305 e. The Hall–Kier alpha value is -3.59. The number of benzene rings is 2. The Kier molecular flexibility index (Phi) is 7.09. The lowest BCUT2D eigenvalue weighted by molar-refractivity contribution is -0.140. The molecule has 2 saturated carbocycles. The van der Waals surface area contributed by atoms with Gasteiger partial charge in [0.05, 0.1) is 7.11 Å². The molecule has 0 heterocycles. The second-order valence-corrected chi connectivity index (χ2v) is 7.72. The molecule has 1 N–H and O–H groups in total. The number of rotatable bonds is 6. The monoisotopic (exact) mass is 412 g/mol. The molecule has 31 heavy (non-hydrogen) atoms. The van der Waals surface area contributed by atoms with E-state index in [9.17, 15) is 9.90 Å². The molecule has 0 radical (unpaired) electrons. The van der Waals surface area contributed by atoms with E-state index in [4.69, 9.17) is 4.74 Å². The first-order valence-electron chi connectivity index (χ1n) is 10.3. The van der Waals surface area contributed by atoms with Gasteiger partial charge >= 0.3 is 5.97 Å². The van der Waals surface area contributed by atoms with Crippen molar-refractivity contribution >= 4 is 11.5 Å². The summed E-state index contributed by atoms with van der Waals surface area (Å²) in [4.78, 5) is 11.7. The van der Waals surface area contributed by atoms with E-state index in [0.717, 1.165) is 40.7 Å². The highest BCUT2D eigenvalue weighted by molar-refractivity contribution is 5.85. The predicted molar refractivity (Wildman–Crippen MR) is 127 cm³/mol. The summed E-state index contributed by atoms with van der Waals surface area (Å²) in [6, 6.07) is 17.2. The molecular formula is C28H28O3. The molecule has 3 nitrogen and oxygen atoms in total. The third-order valence-corrected chi connectivity index (χ3v) is 5.25. The van der Waals surface area contributed by atoms with Gasteiger partial charge in [-0.1, -0.05) is 68.3 Å². The molecule has 158 valence electrons. The van der Waals surface area contributed by atoms with Gasteiger partial charge in [0, 0.05) is 6.42 Å². The minimum atomic E-state index is -0.228. The Bertz CT molecular complexity index is 1060. The summed E-state index contributed by atoms with van der Waals surface area (Å²) in [5.74, 6) is -0.000149. The third-order valence-electron chi connectivity index (χ3n) is 5.25. The van der Waals surface area contributed by atoms with Gasteiger partial charge in [-0.2, -0.15) is 0 Å². The molecule has 2 aromatic rings. The van der Waals surface area contributed by atoms with Crippen LogP contribution in [0.4, 0.5) is 0 Å². The average molecular weight is 413 g/mol. The van der Waals surface area contributed by atoms with E-state index in [1.54, 1.807) is 12.1 Å². The van der Waals surface area contributed by atoms with E-state index in [1.807, 2.05) is 30.3 Å². The van der Waals surface area contributed by atoms with Gasteiger partial charge < -0.3 is 9.84 Å². The van der Waals surface area contributed by atoms with Crippen LogP contribution in [0.5, 0.6) is 5.75 Å². The molecule has 2 aromatic carbocycles. The van der Waals surface area contributed by atoms with Crippen LogP contribution in [0.25, 0.3) is 5.57 Å².